The molecule has 28 heavy (non-hydrogen) atoms. The lowest BCUT2D eigenvalue weighted by molar-refractivity contribution is -0.618. The largest absolute Gasteiger partial charge is 0.615 e. The minimum atomic E-state index is -0.897. The van der Waals surface area contributed by atoms with Crippen LogP contribution in [0.2, 0.25) is 0 Å². The smallest absolute Gasteiger partial charge is 0.423 e. The van der Waals surface area contributed by atoms with Crippen LogP contribution in [0.25, 0.3) is 0 Å². The van der Waals surface area contributed by atoms with Gasteiger partial charge in [-0.1, -0.05) is 12.1 Å². The van der Waals surface area contributed by atoms with Gasteiger partial charge in [0.05, 0.1) is 23.5 Å². The number of hydrogen-bond acceptors (Lipinski definition) is 4. The molecule has 0 saturated carbocycles. The quantitative estimate of drug-likeness (QED) is 0.523. The van der Waals surface area contributed by atoms with E-state index in [1.807, 2.05) is 0 Å². The Hall–Kier alpha value is -4.34. The summed E-state index contributed by atoms with van der Waals surface area (Å²) in [6.45, 7) is 0. The molecule has 2 aromatic heterocycles. The van der Waals surface area contributed by atoms with E-state index in [1.165, 1.54) is 36.4 Å². The fourth-order valence-corrected chi connectivity index (χ4v) is 2.36. The van der Waals surface area contributed by atoms with Gasteiger partial charge in [-0.3, -0.25) is 9.59 Å². The van der Waals surface area contributed by atoms with Crippen molar-refractivity contribution in [2.45, 2.75) is 0 Å². The summed E-state index contributed by atoms with van der Waals surface area (Å²) in [6.07, 6.45) is 0. The summed E-state index contributed by atoms with van der Waals surface area (Å²) in [4.78, 5) is 24.6. The molecule has 0 spiro atoms. The van der Waals surface area contributed by atoms with Gasteiger partial charge in [0.25, 0.3) is 11.4 Å². The number of carbonyl (C=O) groups excluding carboxylic acids is 2. The van der Waals surface area contributed by atoms with E-state index in [4.69, 9.17) is 0 Å². The van der Waals surface area contributed by atoms with E-state index in [1.54, 1.807) is 12.1 Å². The van der Waals surface area contributed by atoms with Crippen LogP contribution in [-0.4, -0.2) is 11.8 Å². The predicted molar refractivity (Wildman–Crippen MR) is 93.4 cm³/mol. The zero-order chi connectivity index (χ0) is 20.3. The number of nitrogens with one attached hydrogen (secondary N) is 2. The van der Waals surface area contributed by atoms with E-state index in [9.17, 15) is 30.2 Å². The Bertz CT molecular complexity index is 985. The first kappa shape index (κ1) is 18.5. The molecule has 140 valence electrons. The van der Waals surface area contributed by atoms with Crippen LogP contribution in [-0.2, 0) is 10.2 Å². The monoisotopic (exact) mass is 380 g/mol. The number of amides is 2. The Morgan fingerprint density at radius 2 is 1.04 bits per heavy atom. The summed E-state index contributed by atoms with van der Waals surface area (Å²) >= 11 is 0. The number of carbonyl (C=O) groups is 2. The predicted octanol–water partition coefficient (Wildman–Crippen LogP) is 1.75. The SMILES string of the molecule is [O]c1cccc(C(=O)Nc2ccccc2NC(=O)c2cccc([O])[n+]2[O-])[n+]1[O-]. The van der Waals surface area contributed by atoms with Crippen LogP contribution < -0.4 is 20.1 Å². The van der Waals surface area contributed by atoms with Gasteiger partial charge < -0.3 is 21.0 Å². The summed E-state index contributed by atoms with van der Waals surface area (Å²) in [6, 6.07) is 12.9. The molecule has 2 amide bonds. The number of benzene rings is 1. The lowest BCUT2D eigenvalue weighted by Crippen LogP contribution is -2.37. The van der Waals surface area contributed by atoms with E-state index in [2.05, 4.69) is 10.6 Å². The molecule has 0 saturated heterocycles. The molecule has 3 rings (SSSR count). The lowest BCUT2D eigenvalue weighted by Gasteiger charge is -2.12. The Balaban J connectivity index is 1.85. The van der Waals surface area contributed by atoms with Gasteiger partial charge in [0.2, 0.25) is 0 Å². The van der Waals surface area contributed by atoms with Crippen LogP contribution in [0.5, 0.6) is 11.8 Å². The van der Waals surface area contributed by atoms with Gasteiger partial charge in [0.1, 0.15) is 0 Å². The van der Waals surface area contributed by atoms with Crippen LogP contribution in [0.3, 0.4) is 0 Å². The first-order valence-corrected chi connectivity index (χ1v) is 7.89. The molecule has 3 aromatic rings. The van der Waals surface area contributed by atoms with Crippen LogP contribution in [0.1, 0.15) is 21.0 Å². The van der Waals surface area contributed by atoms with Crippen molar-refractivity contribution < 1.29 is 29.3 Å². The van der Waals surface area contributed by atoms with E-state index in [0.717, 1.165) is 12.1 Å². The summed E-state index contributed by atoms with van der Waals surface area (Å²) in [5.41, 5.74) is -0.615. The molecular weight excluding hydrogens is 368 g/mol. The number of hydrogen-bond donors (Lipinski definition) is 2. The highest BCUT2D eigenvalue weighted by Crippen LogP contribution is 2.22. The van der Waals surface area contributed by atoms with E-state index in [0.29, 0.717) is 0 Å². The van der Waals surface area contributed by atoms with Crippen molar-refractivity contribution in [3.8, 4) is 11.8 Å². The van der Waals surface area contributed by atoms with Gasteiger partial charge in [-0.05, 0) is 24.3 Å². The van der Waals surface area contributed by atoms with Crippen molar-refractivity contribution in [3.05, 3.63) is 82.5 Å². The standard InChI is InChI=1S/C18H12N4O6/c23-15-9-3-7-13(21(15)27)17(25)19-11-5-1-2-6-12(11)20-18(26)14-8-4-10-16(24)22(14)28/h1-10H,(H,19,25)(H,20,26). The summed E-state index contributed by atoms with van der Waals surface area (Å²) < 4.78 is -0.118. The zero-order valence-electron chi connectivity index (χ0n) is 14.1. The number of anilines is 2. The first-order valence-electron chi connectivity index (χ1n) is 7.89. The van der Waals surface area contributed by atoms with Gasteiger partial charge in [-0.2, -0.15) is 0 Å². The first-order chi connectivity index (χ1) is 13.4. The maximum atomic E-state index is 12.3. The minimum absolute atomic E-state index is 0.0589. The second-order valence-electron chi connectivity index (χ2n) is 5.54. The van der Waals surface area contributed by atoms with Crippen molar-refractivity contribution in [1.82, 2.24) is 0 Å². The van der Waals surface area contributed by atoms with Crippen molar-refractivity contribution in [3.63, 3.8) is 0 Å². The molecule has 2 heterocycles. The molecule has 0 unspecified atom stereocenters. The fourth-order valence-electron chi connectivity index (χ4n) is 2.36. The number of pyridine rings is 2. The van der Waals surface area contributed by atoms with Gasteiger partial charge in [-0.25, -0.2) is 10.2 Å². The van der Waals surface area contributed by atoms with E-state index in [-0.39, 0.29) is 20.8 Å². The molecule has 10 heteroatoms. The zero-order valence-corrected chi connectivity index (χ0v) is 14.1. The third-order valence-corrected chi connectivity index (χ3v) is 3.71. The molecule has 0 atom stereocenters. The number of aromatic nitrogens is 2. The highest BCUT2D eigenvalue weighted by Gasteiger charge is 2.23. The van der Waals surface area contributed by atoms with E-state index < -0.39 is 35.0 Å². The average Bonchev–Trinajstić information content (AvgIpc) is 2.67. The maximum Gasteiger partial charge on any atom is 0.423 e. The van der Waals surface area contributed by atoms with Gasteiger partial charge in [-0.15, -0.1) is 9.46 Å². The highest BCUT2D eigenvalue weighted by atomic mass is 16.5. The van der Waals surface area contributed by atoms with Gasteiger partial charge >= 0.3 is 23.6 Å². The van der Waals surface area contributed by atoms with Crippen LogP contribution in [0.15, 0.2) is 60.7 Å². The Morgan fingerprint density at radius 1 is 0.643 bits per heavy atom. The molecular formula is C18H12N4O6. The molecule has 0 bridgehead atoms. The molecule has 0 fully saturated rings. The van der Waals surface area contributed by atoms with Crippen LogP contribution >= 0.6 is 0 Å². The van der Waals surface area contributed by atoms with Crippen molar-refractivity contribution in [2.75, 3.05) is 10.6 Å². The Labute approximate surface area is 158 Å². The number of rotatable bonds is 4. The third kappa shape index (κ3) is 3.60. The van der Waals surface area contributed by atoms with Crippen molar-refractivity contribution in [1.29, 1.82) is 0 Å². The van der Waals surface area contributed by atoms with E-state index >= 15 is 0 Å². The topological polar surface area (TPSA) is 152 Å². The Morgan fingerprint density at radius 3 is 1.43 bits per heavy atom. The van der Waals surface area contributed by atoms with Crippen molar-refractivity contribution >= 4 is 23.2 Å². The summed E-state index contributed by atoms with van der Waals surface area (Å²) in [5.74, 6) is -3.52. The molecule has 2 radical (unpaired) electrons. The highest BCUT2D eigenvalue weighted by molar-refractivity contribution is 6.08. The normalized spacial score (nSPS) is 10.3. The number of nitrogens with zero attached hydrogens (tertiary/aromatic N) is 2. The minimum Gasteiger partial charge on any atom is -0.615 e. The maximum absolute atomic E-state index is 12.3. The number of para-hydroxylation sites is 2. The molecule has 1 aromatic carbocycles. The van der Waals surface area contributed by atoms with Crippen LogP contribution in [0.4, 0.5) is 11.4 Å². The van der Waals surface area contributed by atoms with Crippen LogP contribution in [0, 0.1) is 10.4 Å². The second-order valence-corrected chi connectivity index (χ2v) is 5.54. The summed E-state index contributed by atoms with van der Waals surface area (Å²) in [5, 5.41) is 51.0. The third-order valence-electron chi connectivity index (χ3n) is 3.71. The van der Waals surface area contributed by atoms with Gasteiger partial charge in [0, 0.05) is 12.1 Å². The van der Waals surface area contributed by atoms with Gasteiger partial charge in [0.15, 0.2) is 0 Å². The Kier molecular flexibility index (Phi) is 4.94. The summed E-state index contributed by atoms with van der Waals surface area (Å²) in [7, 11) is 0. The molecule has 0 aliphatic heterocycles. The fraction of sp³-hybridized carbons (Fsp3) is 0. The molecule has 10 nitrogen and oxygen atoms in total. The molecule has 0 aliphatic carbocycles. The lowest BCUT2D eigenvalue weighted by atomic mass is 10.2. The average molecular weight is 380 g/mol. The molecule has 0 aliphatic rings. The van der Waals surface area contributed by atoms with Crippen molar-refractivity contribution in [2.24, 2.45) is 0 Å². The second kappa shape index (κ2) is 7.50. The molecule has 2 N–H and O–H groups in total.